The highest BCUT2D eigenvalue weighted by atomic mass is 35.5. The number of amides is 2. The smallest absolute Gasteiger partial charge is 0.272 e. The molecule has 1 N–H and O–H groups in total. The lowest BCUT2D eigenvalue weighted by molar-refractivity contribution is 0.0729. The third-order valence-electron chi connectivity index (χ3n) is 6.02. The zero-order chi connectivity index (χ0) is 25.1. The number of aromatic nitrogens is 2. The molecule has 2 heterocycles. The summed E-state index contributed by atoms with van der Waals surface area (Å²) in [7, 11) is 6.33. The lowest BCUT2D eigenvalue weighted by Crippen LogP contribution is -2.37. The van der Waals surface area contributed by atoms with Gasteiger partial charge in [-0.05, 0) is 29.8 Å². The van der Waals surface area contributed by atoms with E-state index in [1.807, 2.05) is 19.2 Å². The first-order valence-electron chi connectivity index (χ1n) is 11.0. The molecule has 10 heteroatoms. The van der Waals surface area contributed by atoms with Crippen LogP contribution in [0.3, 0.4) is 0 Å². The summed E-state index contributed by atoms with van der Waals surface area (Å²) < 4.78 is 17.8. The van der Waals surface area contributed by atoms with E-state index >= 15 is 0 Å². The van der Waals surface area contributed by atoms with E-state index in [1.54, 1.807) is 33.8 Å². The fourth-order valence-corrected chi connectivity index (χ4v) is 4.33. The highest BCUT2D eigenvalue weighted by Gasteiger charge is 2.30. The van der Waals surface area contributed by atoms with Crippen molar-refractivity contribution in [1.29, 1.82) is 0 Å². The molecule has 0 unspecified atom stereocenters. The molecule has 2 amide bonds. The largest absolute Gasteiger partial charge is 0.493 e. The molecule has 0 bridgehead atoms. The van der Waals surface area contributed by atoms with E-state index in [2.05, 4.69) is 10.4 Å². The Bertz CT molecular complexity index is 1230. The number of nitrogens with one attached hydrogen (secondary N) is 1. The standard InChI is InChI=1S/C25H27ClN4O5/c1-29-19-9-10-30(25(32)16-11-20(33-2)23(35-4)21(12-16)34-3)14-18(19)22(28-29)24(31)27-13-15-5-7-17(26)8-6-15/h5-8,11-12H,9-10,13-14H2,1-4H3,(H,27,31). The molecule has 1 aromatic heterocycles. The van der Waals surface area contributed by atoms with Crippen LogP contribution in [0.2, 0.25) is 5.02 Å². The minimum Gasteiger partial charge on any atom is -0.493 e. The number of carbonyl (C=O) groups excluding carboxylic acids is 2. The van der Waals surface area contributed by atoms with Gasteiger partial charge in [0.1, 0.15) is 0 Å². The van der Waals surface area contributed by atoms with Gasteiger partial charge in [0.15, 0.2) is 17.2 Å². The third kappa shape index (κ3) is 4.90. The van der Waals surface area contributed by atoms with Crippen LogP contribution >= 0.6 is 11.6 Å². The maximum absolute atomic E-state index is 13.4. The number of hydrogen-bond acceptors (Lipinski definition) is 6. The number of nitrogens with zero attached hydrogens (tertiary/aromatic N) is 3. The van der Waals surface area contributed by atoms with Gasteiger partial charge in [0.2, 0.25) is 5.75 Å². The van der Waals surface area contributed by atoms with Crippen LogP contribution in [0.1, 0.15) is 37.7 Å². The van der Waals surface area contributed by atoms with E-state index in [1.165, 1.54) is 21.3 Å². The number of aryl methyl sites for hydroxylation is 1. The summed E-state index contributed by atoms with van der Waals surface area (Å²) in [6.07, 6.45) is 0.583. The third-order valence-corrected chi connectivity index (χ3v) is 6.27. The molecule has 1 aliphatic rings. The highest BCUT2D eigenvalue weighted by Crippen LogP contribution is 2.38. The van der Waals surface area contributed by atoms with Crippen LogP contribution in [0.15, 0.2) is 36.4 Å². The Hall–Kier alpha value is -3.72. The van der Waals surface area contributed by atoms with Gasteiger partial charge in [0.05, 0.1) is 27.9 Å². The lowest BCUT2D eigenvalue weighted by Gasteiger charge is -2.28. The minimum atomic E-state index is -0.293. The van der Waals surface area contributed by atoms with Crippen LogP contribution in [0, 0.1) is 0 Å². The van der Waals surface area contributed by atoms with Gasteiger partial charge in [0, 0.05) is 48.4 Å². The molecule has 35 heavy (non-hydrogen) atoms. The Balaban J connectivity index is 1.55. The van der Waals surface area contributed by atoms with Crippen molar-refractivity contribution in [1.82, 2.24) is 20.0 Å². The first-order valence-corrected chi connectivity index (χ1v) is 11.4. The summed E-state index contributed by atoms with van der Waals surface area (Å²) in [5, 5.41) is 7.99. The second-order valence-electron chi connectivity index (χ2n) is 8.10. The number of rotatable bonds is 7. The van der Waals surface area contributed by atoms with Gasteiger partial charge in [-0.1, -0.05) is 23.7 Å². The quantitative estimate of drug-likeness (QED) is 0.537. The van der Waals surface area contributed by atoms with Crippen molar-refractivity contribution in [2.45, 2.75) is 19.5 Å². The van der Waals surface area contributed by atoms with E-state index < -0.39 is 0 Å². The van der Waals surface area contributed by atoms with Crippen LogP contribution < -0.4 is 19.5 Å². The molecule has 0 fully saturated rings. The van der Waals surface area contributed by atoms with Crippen LogP contribution in [0.25, 0.3) is 0 Å². The summed E-state index contributed by atoms with van der Waals surface area (Å²) in [4.78, 5) is 28.1. The van der Waals surface area contributed by atoms with Gasteiger partial charge in [0.25, 0.3) is 11.8 Å². The lowest BCUT2D eigenvalue weighted by atomic mass is 10.0. The number of methoxy groups -OCH3 is 3. The Morgan fingerprint density at radius 3 is 2.31 bits per heavy atom. The summed E-state index contributed by atoms with van der Waals surface area (Å²) >= 11 is 5.93. The molecule has 184 valence electrons. The monoisotopic (exact) mass is 498 g/mol. The van der Waals surface area contributed by atoms with Crippen molar-refractivity contribution >= 4 is 23.4 Å². The fourth-order valence-electron chi connectivity index (χ4n) is 4.20. The van der Waals surface area contributed by atoms with E-state index in [9.17, 15) is 9.59 Å². The molecule has 3 aromatic rings. The summed E-state index contributed by atoms with van der Waals surface area (Å²) in [6, 6.07) is 10.5. The van der Waals surface area contributed by atoms with E-state index in [-0.39, 0.29) is 18.4 Å². The van der Waals surface area contributed by atoms with Crippen LogP contribution in [0.4, 0.5) is 0 Å². The fraction of sp³-hybridized carbons (Fsp3) is 0.320. The number of carbonyl (C=O) groups is 2. The Morgan fingerprint density at radius 2 is 1.71 bits per heavy atom. The Kier molecular flexibility index (Phi) is 7.16. The van der Waals surface area contributed by atoms with Crippen molar-refractivity contribution in [3.63, 3.8) is 0 Å². The van der Waals surface area contributed by atoms with E-state index in [0.29, 0.717) is 53.0 Å². The predicted octanol–water partition coefficient (Wildman–Crippen LogP) is 3.23. The highest BCUT2D eigenvalue weighted by molar-refractivity contribution is 6.30. The van der Waals surface area contributed by atoms with E-state index in [4.69, 9.17) is 25.8 Å². The van der Waals surface area contributed by atoms with Gasteiger partial charge in [-0.25, -0.2) is 0 Å². The van der Waals surface area contributed by atoms with Gasteiger partial charge in [-0.3, -0.25) is 14.3 Å². The molecule has 0 spiro atoms. The molecule has 1 aliphatic heterocycles. The zero-order valence-electron chi connectivity index (χ0n) is 20.1. The minimum absolute atomic E-state index is 0.203. The first kappa shape index (κ1) is 24.4. The number of ether oxygens (including phenoxy) is 3. The van der Waals surface area contributed by atoms with Crippen LogP contribution in [-0.2, 0) is 26.6 Å². The molecule has 0 saturated carbocycles. The maximum Gasteiger partial charge on any atom is 0.272 e. The summed E-state index contributed by atoms with van der Waals surface area (Å²) in [6.45, 7) is 1.10. The molecule has 0 saturated heterocycles. The molecule has 2 aromatic carbocycles. The van der Waals surface area contributed by atoms with Gasteiger partial charge < -0.3 is 24.4 Å². The summed E-state index contributed by atoms with van der Waals surface area (Å²) in [5.41, 5.74) is 3.33. The van der Waals surface area contributed by atoms with Crippen molar-refractivity contribution in [2.24, 2.45) is 7.05 Å². The van der Waals surface area contributed by atoms with Crippen molar-refractivity contribution in [2.75, 3.05) is 27.9 Å². The number of halogens is 1. The van der Waals surface area contributed by atoms with Crippen molar-refractivity contribution < 1.29 is 23.8 Å². The van der Waals surface area contributed by atoms with Crippen LogP contribution in [0.5, 0.6) is 17.2 Å². The topological polar surface area (TPSA) is 94.9 Å². The number of benzene rings is 2. The van der Waals surface area contributed by atoms with E-state index in [0.717, 1.165) is 16.8 Å². The number of hydrogen-bond donors (Lipinski definition) is 1. The average molecular weight is 499 g/mol. The van der Waals surface area contributed by atoms with Gasteiger partial charge in [-0.15, -0.1) is 0 Å². The second-order valence-corrected chi connectivity index (χ2v) is 8.53. The first-order chi connectivity index (χ1) is 16.9. The second kappa shape index (κ2) is 10.3. The SMILES string of the molecule is COc1cc(C(=O)N2CCc3c(c(C(=O)NCc4ccc(Cl)cc4)nn3C)C2)cc(OC)c1OC. The maximum atomic E-state index is 13.4. The molecule has 0 radical (unpaired) electrons. The average Bonchev–Trinajstić information content (AvgIpc) is 3.22. The Morgan fingerprint density at radius 1 is 1.06 bits per heavy atom. The zero-order valence-corrected chi connectivity index (χ0v) is 20.8. The summed E-state index contributed by atoms with van der Waals surface area (Å²) in [5.74, 6) is 0.720. The molecule has 4 rings (SSSR count). The van der Waals surface area contributed by atoms with Crippen molar-refractivity contribution in [3.05, 3.63) is 69.5 Å². The van der Waals surface area contributed by atoms with Gasteiger partial charge >= 0.3 is 0 Å². The van der Waals surface area contributed by atoms with Gasteiger partial charge in [-0.2, -0.15) is 5.10 Å². The Labute approximate surface area is 208 Å². The molecule has 0 aliphatic carbocycles. The number of fused-ring (bicyclic) bond motifs is 1. The van der Waals surface area contributed by atoms with Crippen LogP contribution in [-0.4, -0.2) is 54.4 Å². The molecular formula is C25H27ClN4O5. The predicted molar refractivity (Wildman–Crippen MR) is 130 cm³/mol. The normalized spacial score (nSPS) is 12.7. The van der Waals surface area contributed by atoms with Crippen molar-refractivity contribution in [3.8, 4) is 17.2 Å². The molecule has 0 atom stereocenters. The molecular weight excluding hydrogens is 472 g/mol. The molecule has 9 nitrogen and oxygen atoms in total.